The van der Waals surface area contributed by atoms with Gasteiger partial charge in [0.05, 0.1) is 5.56 Å². The van der Waals surface area contributed by atoms with Crippen molar-refractivity contribution in [3.05, 3.63) is 59.7 Å². The van der Waals surface area contributed by atoms with Crippen LogP contribution in [-0.2, 0) is 6.42 Å². The first-order valence-electron chi connectivity index (χ1n) is 6.23. The molecule has 2 aromatic rings. The zero-order chi connectivity index (χ0) is 13.1. The summed E-state index contributed by atoms with van der Waals surface area (Å²) in [7, 11) is 0. The molecule has 3 rings (SSSR count). The van der Waals surface area contributed by atoms with E-state index in [4.69, 9.17) is 14.7 Å². The number of fused-ring (bicyclic) bond motifs is 1. The number of rotatable bonds is 3. The van der Waals surface area contributed by atoms with Crippen LogP contribution in [-0.4, -0.2) is 12.7 Å². The van der Waals surface area contributed by atoms with Gasteiger partial charge in [0.2, 0.25) is 0 Å². The van der Waals surface area contributed by atoms with Gasteiger partial charge in [-0.05, 0) is 23.8 Å². The smallest absolute Gasteiger partial charge is 0.137 e. The Balaban J connectivity index is 1.65. The number of benzene rings is 2. The van der Waals surface area contributed by atoms with Gasteiger partial charge in [-0.25, -0.2) is 0 Å². The van der Waals surface area contributed by atoms with E-state index in [2.05, 4.69) is 12.1 Å². The van der Waals surface area contributed by atoms with Crippen LogP contribution >= 0.6 is 0 Å². The first kappa shape index (κ1) is 11.6. The van der Waals surface area contributed by atoms with E-state index in [0.29, 0.717) is 17.9 Å². The van der Waals surface area contributed by atoms with Crippen molar-refractivity contribution in [3.63, 3.8) is 0 Å². The summed E-state index contributed by atoms with van der Waals surface area (Å²) in [6.45, 7) is 0.452. The Labute approximate surface area is 112 Å². The fourth-order valence-electron chi connectivity index (χ4n) is 2.21. The highest BCUT2D eigenvalue weighted by atomic mass is 16.5. The predicted octanol–water partition coefficient (Wildman–Crippen LogP) is 2.94. The monoisotopic (exact) mass is 251 g/mol. The van der Waals surface area contributed by atoms with Crippen LogP contribution in [0.25, 0.3) is 0 Å². The van der Waals surface area contributed by atoms with Gasteiger partial charge < -0.3 is 9.47 Å². The normalized spacial score (nSPS) is 16.3. The molecule has 0 radical (unpaired) electrons. The van der Waals surface area contributed by atoms with Gasteiger partial charge in [-0.15, -0.1) is 0 Å². The predicted molar refractivity (Wildman–Crippen MR) is 71.2 cm³/mol. The number of ether oxygens (including phenoxy) is 2. The van der Waals surface area contributed by atoms with Gasteiger partial charge in [0.1, 0.15) is 30.3 Å². The Morgan fingerprint density at radius 1 is 1.16 bits per heavy atom. The Morgan fingerprint density at radius 2 is 1.95 bits per heavy atom. The second-order valence-electron chi connectivity index (χ2n) is 4.47. The third-order valence-electron chi connectivity index (χ3n) is 3.15. The minimum absolute atomic E-state index is 0.0177. The quantitative estimate of drug-likeness (QED) is 0.842. The highest BCUT2D eigenvalue weighted by Crippen LogP contribution is 2.28. The van der Waals surface area contributed by atoms with Gasteiger partial charge in [-0.3, -0.25) is 0 Å². The average molecular weight is 251 g/mol. The molecule has 19 heavy (non-hydrogen) atoms. The van der Waals surface area contributed by atoms with Crippen LogP contribution in [0.1, 0.15) is 11.1 Å². The summed E-state index contributed by atoms with van der Waals surface area (Å²) >= 11 is 0. The van der Waals surface area contributed by atoms with E-state index >= 15 is 0 Å². The number of hydrogen-bond acceptors (Lipinski definition) is 3. The van der Waals surface area contributed by atoms with Crippen LogP contribution in [0.5, 0.6) is 11.5 Å². The minimum atomic E-state index is 0.0177. The standard InChI is InChI=1S/C16H13NO2/c17-10-13-6-2-3-7-15(13)18-11-14-9-12-5-1-4-8-16(12)19-14/h1-8,14H,9,11H2. The lowest BCUT2D eigenvalue weighted by Crippen LogP contribution is -2.22. The van der Waals surface area contributed by atoms with E-state index in [1.54, 1.807) is 12.1 Å². The van der Waals surface area contributed by atoms with Crippen molar-refractivity contribution >= 4 is 0 Å². The van der Waals surface area contributed by atoms with Crippen molar-refractivity contribution < 1.29 is 9.47 Å². The first-order chi connectivity index (χ1) is 9.36. The SMILES string of the molecule is N#Cc1ccccc1OCC1Cc2ccccc2O1. The Hall–Kier alpha value is -2.47. The molecule has 1 heterocycles. The number of hydrogen-bond donors (Lipinski definition) is 0. The van der Waals surface area contributed by atoms with Gasteiger partial charge in [0.25, 0.3) is 0 Å². The molecule has 0 aromatic heterocycles. The molecule has 1 aliphatic heterocycles. The van der Waals surface area contributed by atoms with Crippen molar-refractivity contribution in [2.75, 3.05) is 6.61 Å². The van der Waals surface area contributed by atoms with Gasteiger partial charge in [-0.2, -0.15) is 5.26 Å². The first-order valence-corrected chi connectivity index (χ1v) is 6.23. The maximum Gasteiger partial charge on any atom is 0.137 e. The van der Waals surface area contributed by atoms with E-state index in [1.165, 1.54) is 5.56 Å². The van der Waals surface area contributed by atoms with E-state index < -0.39 is 0 Å². The Kier molecular flexibility index (Phi) is 3.07. The summed E-state index contributed by atoms with van der Waals surface area (Å²) in [6.07, 6.45) is 0.870. The Bertz CT molecular complexity index is 606. The molecule has 3 heteroatoms. The van der Waals surface area contributed by atoms with Crippen molar-refractivity contribution in [2.24, 2.45) is 0 Å². The summed E-state index contributed by atoms with van der Waals surface area (Å²) in [4.78, 5) is 0. The van der Waals surface area contributed by atoms with Gasteiger partial charge in [-0.1, -0.05) is 30.3 Å². The molecule has 0 fully saturated rings. The van der Waals surface area contributed by atoms with Crippen LogP contribution in [0.4, 0.5) is 0 Å². The van der Waals surface area contributed by atoms with E-state index in [0.717, 1.165) is 12.2 Å². The molecule has 0 N–H and O–H groups in total. The van der Waals surface area contributed by atoms with Crippen molar-refractivity contribution in [3.8, 4) is 17.6 Å². The average Bonchev–Trinajstić information content (AvgIpc) is 2.88. The molecule has 1 unspecified atom stereocenters. The molecule has 0 spiro atoms. The molecule has 0 saturated carbocycles. The molecule has 3 nitrogen and oxygen atoms in total. The zero-order valence-corrected chi connectivity index (χ0v) is 10.4. The summed E-state index contributed by atoms with van der Waals surface area (Å²) < 4.78 is 11.5. The third-order valence-corrected chi connectivity index (χ3v) is 3.15. The Morgan fingerprint density at radius 3 is 2.79 bits per heavy atom. The van der Waals surface area contributed by atoms with Gasteiger partial charge in [0, 0.05) is 6.42 Å². The molecule has 2 aromatic carbocycles. The number of nitriles is 1. The van der Waals surface area contributed by atoms with Crippen LogP contribution in [0.3, 0.4) is 0 Å². The molecular formula is C16H13NO2. The molecule has 1 atom stereocenters. The maximum absolute atomic E-state index is 8.99. The lowest BCUT2D eigenvalue weighted by molar-refractivity contribution is 0.148. The largest absolute Gasteiger partial charge is 0.488 e. The highest BCUT2D eigenvalue weighted by molar-refractivity contribution is 5.42. The van der Waals surface area contributed by atoms with Crippen LogP contribution in [0, 0.1) is 11.3 Å². The highest BCUT2D eigenvalue weighted by Gasteiger charge is 2.23. The van der Waals surface area contributed by atoms with Crippen LogP contribution < -0.4 is 9.47 Å². The lowest BCUT2D eigenvalue weighted by Gasteiger charge is -2.13. The number of para-hydroxylation sites is 2. The summed E-state index contributed by atoms with van der Waals surface area (Å²) in [5.74, 6) is 1.55. The van der Waals surface area contributed by atoms with Gasteiger partial charge >= 0.3 is 0 Å². The topological polar surface area (TPSA) is 42.2 Å². The van der Waals surface area contributed by atoms with E-state index in [1.807, 2.05) is 30.3 Å². The van der Waals surface area contributed by atoms with Crippen LogP contribution in [0.15, 0.2) is 48.5 Å². The number of nitrogens with zero attached hydrogens (tertiary/aromatic N) is 1. The molecular weight excluding hydrogens is 238 g/mol. The van der Waals surface area contributed by atoms with Crippen molar-refractivity contribution in [1.82, 2.24) is 0 Å². The summed E-state index contributed by atoms with van der Waals surface area (Å²) in [6, 6.07) is 17.4. The zero-order valence-electron chi connectivity index (χ0n) is 10.4. The molecule has 1 aliphatic rings. The third kappa shape index (κ3) is 2.38. The van der Waals surface area contributed by atoms with E-state index in [-0.39, 0.29) is 6.10 Å². The molecule has 0 bridgehead atoms. The van der Waals surface area contributed by atoms with Crippen molar-refractivity contribution in [1.29, 1.82) is 5.26 Å². The molecule has 0 aliphatic carbocycles. The fraction of sp³-hybridized carbons (Fsp3) is 0.188. The lowest BCUT2D eigenvalue weighted by atomic mass is 10.1. The second-order valence-corrected chi connectivity index (χ2v) is 4.47. The second kappa shape index (κ2) is 5.03. The molecule has 94 valence electrons. The van der Waals surface area contributed by atoms with Gasteiger partial charge in [0.15, 0.2) is 0 Å². The maximum atomic E-state index is 8.99. The summed E-state index contributed by atoms with van der Waals surface area (Å²) in [5, 5.41) is 8.99. The molecule has 0 saturated heterocycles. The molecule has 0 amide bonds. The van der Waals surface area contributed by atoms with Crippen molar-refractivity contribution in [2.45, 2.75) is 12.5 Å². The van der Waals surface area contributed by atoms with E-state index in [9.17, 15) is 0 Å². The van der Waals surface area contributed by atoms with Crippen LogP contribution in [0.2, 0.25) is 0 Å². The fourth-order valence-corrected chi connectivity index (χ4v) is 2.21. The minimum Gasteiger partial charge on any atom is -0.488 e. The summed E-state index contributed by atoms with van der Waals surface area (Å²) in [5.41, 5.74) is 1.77.